The van der Waals surface area contributed by atoms with Gasteiger partial charge in [-0.3, -0.25) is 10.2 Å². The van der Waals surface area contributed by atoms with Crippen LogP contribution in [0.2, 0.25) is 10.0 Å². The molecule has 2 aliphatic rings. The molecule has 0 bridgehead atoms. The highest BCUT2D eigenvalue weighted by Gasteiger charge is 2.41. The largest absolute Gasteiger partial charge is 0.316 e. The summed E-state index contributed by atoms with van der Waals surface area (Å²) in [5.74, 6) is -0.929. The Morgan fingerprint density at radius 2 is 1.90 bits per heavy atom. The number of amides is 1. The van der Waals surface area contributed by atoms with Gasteiger partial charge in [0.2, 0.25) is 20.2 Å². The molecule has 1 aromatic heterocycles. The average molecular weight is 496 g/mol. The van der Waals surface area contributed by atoms with Crippen LogP contribution >= 0.6 is 35.1 Å². The summed E-state index contributed by atoms with van der Waals surface area (Å²) in [6.07, 6.45) is 2.52. The van der Waals surface area contributed by atoms with E-state index in [1.165, 1.54) is 6.08 Å². The first-order valence-corrected chi connectivity index (χ1v) is 12.2. The Morgan fingerprint density at radius 1 is 1.19 bits per heavy atom. The number of sulfone groups is 1. The molecule has 2 aromatic rings. The molecule has 1 amide bonds. The van der Waals surface area contributed by atoms with Gasteiger partial charge in [-0.05, 0) is 49.8 Å². The average Bonchev–Trinajstić information content (AvgIpc) is 3.20. The molecule has 0 saturated carbocycles. The minimum absolute atomic E-state index is 0.0370. The minimum atomic E-state index is -3.71. The lowest BCUT2D eigenvalue weighted by Gasteiger charge is -2.23. The van der Waals surface area contributed by atoms with Gasteiger partial charge in [0.05, 0.1) is 28.2 Å². The predicted octanol–water partition coefficient (Wildman–Crippen LogP) is 4.02. The van der Waals surface area contributed by atoms with Gasteiger partial charge in [-0.15, -0.1) is 0 Å². The molecule has 2 aliphatic heterocycles. The number of nitrogens with zero attached hydrogens (tertiary/aromatic N) is 4. The molecule has 1 aromatic carbocycles. The van der Waals surface area contributed by atoms with Crippen LogP contribution in [0.4, 0.5) is 0 Å². The van der Waals surface area contributed by atoms with Crippen molar-refractivity contribution in [2.24, 2.45) is 9.39 Å². The summed E-state index contributed by atoms with van der Waals surface area (Å²) in [5.41, 5.74) is 2.98. The third-order valence-corrected chi connectivity index (χ3v) is 7.04. The van der Waals surface area contributed by atoms with Crippen molar-refractivity contribution >= 4 is 73.1 Å². The smallest absolute Gasteiger partial charge is 0.283 e. The van der Waals surface area contributed by atoms with Crippen LogP contribution in [0.3, 0.4) is 0 Å². The number of hydrogen-bond acceptors (Lipinski definition) is 6. The lowest BCUT2D eigenvalue weighted by molar-refractivity contribution is -0.114. The van der Waals surface area contributed by atoms with Crippen molar-refractivity contribution in [2.45, 2.75) is 13.8 Å². The number of aromatic nitrogens is 1. The Balaban J connectivity index is 1.80. The van der Waals surface area contributed by atoms with Gasteiger partial charge in [0.25, 0.3) is 5.91 Å². The van der Waals surface area contributed by atoms with Gasteiger partial charge in [0.15, 0.2) is 0 Å². The summed E-state index contributed by atoms with van der Waals surface area (Å²) in [4.78, 5) is 17.6. The van der Waals surface area contributed by atoms with Crippen LogP contribution in [0.25, 0.3) is 11.8 Å². The molecule has 0 unspecified atom stereocenters. The van der Waals surface area contributed by atoms with Gasteiger partial charge >= 0.3 is 0 Å². The molecule has 0 aliphatic carbocycles. The van der Waals surface area contributed by atoms with E-state index < -0.39 is 15.7 Å². The van der Waals surface area contributed by atoms with Crippen molar-refractivity contribution in [3.63, 3.8) is 0 Å². The van der Waals surface area contributed by atoms with E-state index in [2.05, 4.69) is 9.39 Å². The molecule has 12 heteroatoms. The predicted molar refractivity (Wildman–Crippen MR) is 125 cm³/mol. The second kappa shape index (κ2) is 7.63. The summed E-state index contributed by atoms with van der Waals surface area (Å²) in [5, 5.41) is 9.18. The number of carbonyl (C=O) groups is 1. The maximum absolute atomic E-state index is 12.6. The van der Waals surface area contributed by atoms with Crippen LogP contribution in [0.1, 0.15) is 17.0 Å². The molecule has 0 saturated heterocycles. The molecule has 1 N–H and O–H groups in total. The number of halogens is 2. The second-order valence-corrected chi connectivity index (χ2v) is 10.4. The van der Waals surface area contributed by atoms with E-state index in [0.717, 1.165) is 40.2 Å². The van der Waals surface area contributed by atoms with E-state index in [4.69, 9.17) is 28.6 Å². The van der Waals surface area contributed by atoms with Crippen molar-refractivity contribution < 1.29 is 13.2 Å². The van der Waals surface area contributed by atoms with Crippen LogP contribution in [-0.4, -0.2) is 46.2 Å². The minimum Gasteiger partial charge on any atom is -0.316 e. The maximum Gasteiger partial charge on any atom is 0.283 e. The third kappa shape index (κ3) is 3.73. The molecule has 31 heavy (non-hydrogen) atoms. The SMILES string of the molecule is Cc1cc(/C=C2/C(=N)N3C(=NC2=O)SN=C3S(C)(=O)=O)c(C)n1-c1ccc(Cl)cc1Cl. The molecular formula is C19H15Cl2N5O3S2. The number of hydrogen-bond donors (Lipinski definition) is 1. The van der Waals surface area contributed by atoms with Gasteiger partial charge in [-0.2, -0.15) is 9.39 Å². The number of fused-ring (bicyclic) bond motifs is 1. The highest BCUT2D eigenvalue weighted by molar-refractivity contribution is 8.16. The van der Waals surface area contributed by atoms with Crippen molar-refractivity contribution in [3.8, 4) is 5.69 Å². The highest BCUT2D eigenvalue weighted by atomic mass is 35.5. The summed E-state index contributed by atoms with van der Waals surface area (Å²) in [7, 11) is -3.71. The second-order valence-electron chi connectivity index (χ2n) is 6.94. The number of benzene rings is 1. The summed E-state index contributed by atoms with van der Waals surface area (Å²) in [6, 6.07) is 7.01. The first kappa shape index (κ1) is 21.8. The zero-order valence-electron chi connectivity index (χ0n) is 16.5. The van der Waals surface area contributed by atoms with Crippen LogP contribution in [-0.2, 0) is 14.6 Å². The molecule has 8 nitrogen and oxygen atoms in total. The van der Waals surface area contributed by atoms with Crippen molar-refractivity contribution in [1.29, 1.82) is 5.41 Å². The zero-order chi connectivity index (χ0) is 22.7. The fourth-order valence-electron chi connectivity index (χ4n) is 3.36. The van der Waals surface area contributed by atoms with Crippen LogP contribution in [0.5, 0.6) is 0 Å². The van der Waals surface area contributed by atoms with Crippen LogP contribution in [0, 0.1) is 19.3 Å². The number of carbonyl (C=O) groups excluding carboxylic acids is 1. The summed E-state index contributed by atoms with van der Waals surface area (Å²) < 4.78 is 29.8. The van der Waals surface area contributed by atoms with Crippen LogP contribution < -0.4 is 0 Å². The van der Waals surface area contributed by atoms with E-state index in [-0.39, 0.29) is 21.7 Å². The highest BCUT2D eigenvalue weighted by Crippen LogP contribution is 2.32. The first-order chi connectivity index (χ1) is 14.5. The Hall–Kier alpha value is -2.40. The molecular weight excluding hydrogens is 481 g/mol. The lowest BCUT2D eigenvalue weighted by atomic mass is 10.1. The van der Waals surface area contributed by atoms with Gasteiger partial charge in [-0.1, -0.05) is 23.2 Å². The van der Waals surface area contributed by atoms with E-state index in [0.29, 0.717) is 15.6 Å². The molecule has 0 fully saturated rings. The standard InChI is InChI=1S/C19H15Cl2N5O3S2/c1-9-6-11(10(2)25(9)15-5-4-12(20)8-14(15)21)7-13-16(22)26-18(23-17(13)27)30-24-19(26)31(3,28)29/h4-8,22H,1-3H3/b13-7-,22-16?. The number of rotatable bonds is 2. The first-order valence-electron chi connectivity index (χ1n) is 8.82. The number of aliphatic imine (C=N–C) groups is 1. The molecule has 0 radical (unpaired) electrons. The molecule has 3 heterocycles. The fraction of sp³-hybridized carbons (Fsp3) is 0.158. The Bertz CT molecular complexity index is 1370. The summed E-state index contributed by atoms with van der Waals surface area (Å²) in [6.45, 7) is 3.74. The van der Waals surface area contributed by atoms with Crippen LogP contribution in [0.15, 0.2) is 39.2 Å². The van der Waals surface area contributed by atoms with Gasteiger partial charge in [0, 0.05) is 22.7 Å². The van der Waals surface area contributed by atoms with Gasteiger partial charge in [-0.25, -0.2) is 13.3 Å². The lowest BCUT2D eigenvalue weighted by Crippen LogP contribution is -2.45. The Kier molecular flexibility index (Phi) is 5.37. The monoisotopic (exact) mass is 495 g/mol. The van der Waals surface area contributed by atoms with E-state index >= 15 is 0 Å². The normalized spacial score (nSPS) is 17.8. The zero-order valence-corrected chi connectivity index (χ0v) is 19.6. The Labute approximate surface area is 192 Å². The number of amidine groups is 3. The third-order valence-electron chi connectivity index (χ3n) is 4.75. The topological polar surface area (TPSA) is 108 Å². The fourth-order valence-corrected chi connectivity index (χ4v) is 5.70. The Morgan fingerprint density at radius 3 is 2.55 bits per heavy atom. The van der Waals surface area contributed by atoms with Gasteiger partial charge in [0.1, 0.15) is 5.84 Å². The number of nitrogens with one attached hydrogen (secondary N) is 1. The van der Waals surface area contributed by atoms with Crippen molar-refractivity contribution in [1.82, 2.24) is 9.47 Å². The molecule has 4 rings (SSSR count). The quantitative estimate of drug-likeness (QED) is 0.499. The maximum atomic E-state index is 12.6. The van der Waals surface area contributed by atoms with Crippen molar-refractivity contribution in [2.75, 3.05) is 6.26 Å². The van der Waals surface area contributed by atoms with Crippen molar-refractivity contribution in [3.05, 3.63) is 56.8 Å². The summed E-state index contributed by atoms with van der Waals surface area (Å²) >= 11 is 13.1. The van der Waals surface area contributed by atoms with Gasteiger partial charge < -0.3 is 4.57 Å². The number of aryl methyl sites for hydroxylation is 1. The molecule has 160 valence electrons. The molecule has 0 spiro atoms. The molecule has 0 atom stereocenters. The van der Waals surface area contributed by atoms with E-state index in [1.807, 2.05) is 24.5 Å². The van der Waals surface area contributed by atoms with E-state index in [1.54, 1.807) is 18.2 Å². The van der Waals surface area contributed by atoms with E-state index in [9.17, 15) is 13.2 Å².